The summed E-state index contributed by atoms with van der Waals surface area (Å²) in [6.07, 6.45) is -1.52. The molecule has 1 aliphatic rings. The molecule has 4 rings (SSSR count). The second-order valence-electron chi connectivity index (χ2n) is 6.87. The minimum absolute atomic E-state index is 0.0294. The molecular formula is C21H20O7. The van der Waals surface area contributed by atoms with Crippen molar-refractivity contribution < 1.29 is 29.2 Å². The molecule has 1 fully saturated rings. The van der Waals surface area contributed by atoms with Crippen LogP contribution in [0.1, 0.15) is 13.3 Å². The molecule has 1 aliphatic heterocycles. The molecular weight excluding hydrogens is 364 g/mol. The van der Waals surface area contributed by atoms with Gasteiger partial charge in [-0.1, -0.05) is 12.1 Å². The molecule has 146 valence electrons. The van der Waals surface area contributed by atoms with Gasteiger partial charge in [-0.15, -0.1) is 0 Å². The fraction of sp³-hybridized carbons (Fsp3) is 0.286. The number of fused-ring (bicyclic) bond motifs is 1. The molecule has 0 spiro atoms. The van der Waals surface area contributed by atoms with E-state index in [0.717, 1.165) is 0 Å². The minimum Gasteiger partial charge on any atom is -0.508 e. The zero-order chi connectivity index (χ0) is 19.8. The van der Waals surface area contributed by atoms with Crippen LogP contribution in [0, 0.1) is 0 Å². The largest absolute Gasteiger partial charge is 0.508 e. The van der Waals surface area contributed by atoms with E-state index < -0.39 is 24.6 Å². The summed E-state index contributed by atoms with van der Waals surface area (Å²) in [7, 11) is 0. The number of benzene rings is 2. The number of phenols is 1. The highest BCUT2D eigenvalue weighted by Crippen LogP contribution is 2.27. The molecule has 1 aromatic heterocycles. The third-order valence-electron chi connectivity index (χ3n) is 4.87. The molecule has 3 N–H and O–H groups in total. The van der Waals surface area contributed by atoms with E-state index in [1.807, 2.05) is 0 Å². The predicted molar refractivity (Wildman–Crippen MR) is 101 cm³/mol. The van der Waals surface area contributed by atoms with Crippen molar-refractivity contribution in [1.82, 2.24) is 0 Å². The lowest BCUT2D eigenvalue weighted by Gasteiger charge is -2.35. The van der Waals surface area contributed by atoms with E-state index in [9.17, 15) is 20.1 Å². The Bertz CT molecular complexity index is 1030. The van der Waals surface area contributed by atoms with Gasteiger partial charge in [0.05, 0.1) is 23.2 Å². The maximum Gasteiger partial charge on any atom is 0.202 e. The van der Waals surface area contributed by atoms with Crippen molar-refractivity contribution in [3.8, 4) is 22.6 Å². The highest BCUT2D eigenvalue weighted by Gasteiger charge is 2.35. The van der Waals surface area contributed by atoms with E-state index in [1.54, 1.807) is 31.2 Å². The number of aromatic hydroxyl groups is 1. The van der Waals surface area contributed by atoms with Crippen molar-refractivity contribution in [3.63, 3.8) is 0 Å². The second-order valence-corrected chi connectivity index (χ2v) is 6.87. The smallest absolute Gasteiger partial charge is 0.202 e. The van der Waals surface area contributed by atoms with E-state index in [4.69, 9.17) is 13.9 Å². The summed E-state index contributed by atoms with van der Waals surface area (Å²) in [5.74, 6) is 0.543. The Morgan fingerprint density at radius 1 is 1.11 bits per heavy atom. The van der Waals surface area contributed by atoms with Gasteiger partial charge in [-0.05, 0) is 36.8 Å². The Morgan fingerprint density at radius 2 is 1.86 bits per heavy atom. The van der Waals surface area contributed by atoms with Crippen LogP contribution >= 0.6 is 0 Å². The quantitative estimate of drug-likeness (QED) is 0.636. The molecule has 28 heavy (non-hydrogen) atoms. The number of rotatable bonds is 3. The fourth-order valence-electron chi connectivity index (χ4n) is 3.28. The van der Waals surface area contributed by atoms with Crippen molar-refractivity contribution in [2.24, 2.45) is 0 Å². The summed E-state index contributed by atoms with van der Waals surface area (Å²) >= 11 is 0. The topological polar surface area (TPSA) is 109 Å². The van der Waals surface area contributed by atoms with Gasteiger partial charge in [0, 0.05) is 12.5 Å². The van der Waals surface area contributed by atoms with Gasteiger partial charge in [-0.25, -0.2) is 0 Å². The molecule has 4 atom stereocenters. The number of hydrogen-bond acceptors (Lipinski definition) is 7. The molecule has 3 aromatic rings. The molecule has 0 bridgehead atoms. The summed E-state index contributed by atoms with van der Waals surface area (Å²) < 4.78 is 16.8. The summed E-state index contributed by atoms with van der Waals surface area (Å²) in [6.45, 7) is 1.67. The summed E-state index contributed by atoms with van der Waals surface area (Å²) in [5, 5.41) is 29.5. The monoisotopic (exact) mass is 384 g/mol. The Balaban J connectivity index is 1.55. The molecule has 0 saturated carbocycles. The SMILES string of the molecule is C[C@@H]1O[C@@H](Oc2ccc(-c3coc4cc(O)ccc4c3=O)cc2)C[C@H](O)[C@@H]1O. The van der Waals surface area contributed by atoms with Gasteiger partial charge in [0.1, 0.15) is 29.4 Å². The van der Waals surface area contributed by atoms with Gasteiger partial charge in [0.25, 0.3) is 0 Å². The lowest BCUT2D eigenvalue weighted by atomic mass is 10.0. The van der Waals surface area contributed by atoms with Gasteiger partial charge in [-0.3, -0.25) is 4.79 Å². The highest BCUT2D eigenvalue weighted by atomic mass is 16.7. The number of hydrogen-bond donors (Lipinski definition) is 3. The first-order valence-electron chi connectivity index (χ1n) is 8.95. The average Bonchev–Trinajstić information content (AvgIpc) is 2.67. The van der Waals surface area contributed by atoms with Crippen LogP contribution in [0.25, 0.3) is 22.1 Å². The third-order valence-corrected chi connectivity index (χ3v) is 4.87. The van der Waals surface area contributed by atoms with E-state index >= 15 is 0 Å². The lowest BCUT2D eigenvalue weighted by molar-refractivity contribution is -0.216. The Morgan fingerprint density at radius 3 is 2.57 bits per heavy atom. The van der Waals surface area contributed by atoms with E-state index in [1.165, 1.54) is 24.5 Å². The summed E-state index contributed by atoms with van der Waals surface area (Å²) in [6, 6.07) is 11.2. The minimum atomic E-state index is -0.934. The van der Waals surface area contributed by atoms with Crippen molar-refractivity contribution in [2.75, 3.05) is 0 Å². The molecule has 7 nitrogen and oxygen atoms in total. The molecule has 0 radical (unpaired) electrons. The Kier molecular flexibility index (Phi) is 4.80. The van der Waals surface area contributed by atoms with Gasteiger partial charge in [0.2, 0.25) is 6.29 Å². The normalized spacial score (nSPS) is 25.0. The molecule has 2 aromatic carbocycles. The highest BCUT2D eigenvalue weighted by molar-refractivity contribution is 5.82. The summed E-state index contributed by atoms with van der Waals surface area (Å²) in [5.41, 5.74) is 1.17. The number of aliphatic hydroxyl groups is 2. The Labute approximate surface area is 160 Å². The van der Waals surface area contributed by atoms with Crippen LogP contribution in [0.2, 0.25) is 0 Å². The zero-order valence-electron chi connectivity index (χ0n) is 15.1. The van der Waals surface area contributed by atoms with Gasteiger partial charge >= 0.3 is 0 Å². The van der Waals surface area contributed by atoms with Crippen LogP contribution in [-0.2, 0) is 4.74 Å². The molecule has 0 aliphatic carbocycles. The van der Waals surface area contributed by atoms with Gasteiger partial charge in [-0.2, -0.15) is 0 Å². The maximum absolute atomic E-state index is 12.7. The molecule has 1 saturated heterocycles. The van der Waals surface area contributed by atoms with E-state index in [2.05, 4.69) is 0 Å². The van der Waals surface area contributed by atoms with Crippen molar-refractivity contribution >= 4 is 11.0 Å². The fourth-order valence-corrected chi connectivity index (χ4v) is 3.28. The molecule has 7 heteroatoms. The van der Waals surface area contributed by atoms with Gasteiger partial charge in [0.15, 0.2) is 5.43 Å². The van der Waals surface area contributed by atoms with Gasteiger partial charge < -0.3 is 29.2 Å². The number of ether oxygens (including phenoxy) is 2. The molecule has 2 heterocycles. The van der Waals surface area contributed by atoms with Crippen LogP contribution in [0.5, 0.6) is 11.5 Å². The van der Waals surface area contributed by atoms with E-state index in [-0.39, 0.29) is 17.6 Å². The first-order valence-corrected chi connectivity index (χ1v) is 8.95. The van der Waals surface area contributed by atoms with Crippen LogP contribution in [0.4, 0.5) is 0 Å². The van der Waals surface area contributed by atoms with Crippen molar-refractivity contribution in [2.45, 2.75) is 37.9 Å². The van der Waals surface area contributed by atoms with Crippen LogP contribution in [0.15, 0.2) is 57.9 Å². The Hall–Kier alpha value is -2.87. The average molecular weight is 384 g/mol. The van der Waals surface area contributed by atoms with Crippen LogP contribution in [-0.4, -0.2) is 39.9 Å². The maximum atomic E-state index is 12.7. The number of aliphatic hydroxyl groups excluding tert-OH is 2. The van der Waals surface area contributed by atoms with Crippen LogP contribution in [0.3, 0.4) is 0 Å². The third kappa shape index (κ3) is 3.47. The number of phenolic OH excluding ortho intramolecular Hbond substituents is 1. The van der Waals surface area contributed by atoms with Crippen molar-refractivity contribution in [3.05, 3.63) is 59.0 Å². The first-order chi connectivity index (χ1) is 13.4. The summed E-state index contributed by atoms with van der Waals surface area (Å²) in [4.78, 5) is 12.7. The lowest BCUT2D eigenvalue weighted by Crippen LogP contribution is -2.48. The first kappa shape index (κ1) is 18.5. The molecule has 0 amide bonds. The zero-order valence-corrected chi connectivity index (χ0v) is 15.1. The molecule has 0 unspecified atom stereocenters. The van der Waals surface area contributed by atoms with Crippen LogP contribution < -0.4 is 10.2 Å². The standard InChI is InChI=1S/C21H20O7/c1-11-20(24)17(23)9-19(27-11)28-14-5-2-12(3-6-14)16-10-26-18-8-13(22)4-7-15(18)21(16)25/h2-8,10-11,17,19-20,22-24H,9H2,1H3/t11-,17-,19-,20+/m0/s1. The van der Waals surface area contributed by atoms with E-state index in [0.29, 0.717) is 27.8 Å². The second kappa shape index (κ2) is 7.27. The van der Waals surface area contributed by atoms with Crippen molar-refractivity contribution in [1.29, 1.82) is 0 Å². The predicted octanol–water partition coefficient (Wildman–Crippen LogP) is 2.40.